The molecule has 0 aromatic rings. The van der Waals surface area contributed by atoms with Gasteiger partial charge in [0.05, 0.1) is 0 Å². The van der Waals surface area contributed by atoms with Crippen LogP contribution in [0.1, 0.15) is 0 Å². The van der Waals surface area contributed by atoms with Crippen molar-refractivity contribution in [1.29, 1.82) is 0 Å². The number of nitrogens with zero attached hydrogens (tertiary/aromatic N) is 3. The number of urea groups is 1. The number of hydrogen-bond donors (Lipinski definition) is 1. The van der Waals surface area contributed by atoms with Crippen molar-refractivity contribution >= 4 is 6.03 Å². The van der Waals surface area contributed by atoms with E-state index >= 15 is 0 Å². The number of hydrogen-bond acceptors (Lipinski definition) is 2. The van der Waals surface area contributed by atoms with Crippen LogP contribution in [0.4, 0.5) is 4.79 Å². The van der Waals surface area contributed by atoms with E-state index in [0.717, 1.165) is 5.57 Å². The van der Waals surface area contributed by atoms with Crippen molar-refractivity contribution in [2.45, 2.75) is 0 Å². The van der Waals surface area contributed by atoms with Crippen LogP contribution in [0.25, 0.3) is 0 Å². The first-order valence-corrected chi connectivity index (χ1v) is 3.36. The van der Waals surface area contributed by atoms with Crippen molar-refractivity contribution in [3.63, 3.8) is 0 Å². The number of nitrogens with one attached hydrogen (secondary N) is 1. The Balaban J connectivity index is 2.31. The number of azo groups is 1. The van der Waals surface area contributed by atoms with Crippen molar-refractivity contribution in [3.05, 3.63) is 35.9 Å². The molecule has 59 valence electrons. The lowest BCUT2D eigenvalue weighted by atomic mass is 10.2. The van der Waals surface area contributed by atoms with E-state index < -0.39 is 6.03 Å². The van der Waals surface area contributed by atoms with Crippen LogP contribution in [0.3, 0.4) is 0 Å². The summed E-state index contributed by atoms with van der Waals surface area (Å²) in [5.74, 6) is 0.474. The number of carbonyl (C=O) groups excluding carboxylic acids is 1. The lowest BCUT2D eigenvalue weighted by Crippen LogP contribution is -2.12. The van der Waals surface area contributed by atoms with Crippen LogP contribution in [-0.2, 0) is 0 Å². The average molecular weight is 161 g/mol. The van der Waals surface area contributed by atoms with Gasteiger partial charge in [-0.3, -0.25) is 10.6 Å². The third kappa shape index (κ3) is 1.12. The molecule has 1 radical (unpaired) electrons. The highest BCUT2D eigenvalue weighted by Crippen LogP contribution is 2.13. The van der Waals surface area contributed by atoms with E-state index in [9.17, 15) is 4.79 Å². The largest absolute Gasteiger partial charge is 0.365 e. The molecular formula is C7H5N4O. The fourth-order valence-corrected chi connectivity index (χ4v) is 0.886. The van der Waals surface area contributed by atoms with Gasteiger partial charge in [0, 0.05) is 18.0 Å². The second-order valence-corrected chi connectivity index (χ2v) is 2.21. The monoisotopic (exact) mass is 161 g/mol. The molecule has 2 aliphatic heterocycles. The molecule has 0 aromatic heterocycles. The predicted octanol–water partition coefficient (Wildman–Crippen LogP) is 1.02. The highest BCUT2D eigenvalue weighted by molar-refractivity contribution is 5.78. The summed E-state index contributed by atoms with van der Waals surface area (Å²) in [6.07, 6.45) is 6.75. The molecule has 0 atom stereocenters. The topological polar surface area (TPSA) is 67.9 Å². The summed E-state index contributed by atoms with van der Waals surface area (Å²) in [5.41, 5.74) is 0.805. The summed E-state index contributed by atoms with van der Waals surface area (Å²) in [5, 5.41) is 13.3. The molecule has 1 N–H and O–H groups in total. The normalized spacial score (nSPS) is 19.8. The number of carbonyl (C=O) groups is 1. The van der Waals surface area contributed by atoms with E-state index in [4.69, 9.17) is 0 Å². The van der Waals surface area contributed by atoms with Crippen molar-refractivity contribution in [1.82, 2.24) is 10.6 Å². The van der Waals surface area contributed by atoms with Crippen LogP contribution in [0.2, 0.25) is 0 Å². The van der Waals surface area contributed by atoms with Gasteiger partial charge in [0.25, 0.3) is 0 Å². The first-order valence-electron chi connectivity index (χ1n) is 3.36. The van der Waals surface area contributed by atoms with E-state index in [0.29, 0.717) is 5.82 Å². The molecule has 0 unspecified atom stereocenters. The maximum Gasteiger partial charge on any atom is 0.365 e. The Hall–Kier alpha value is -1.91. The van der Waals surface area contributed by atoms with E-state index in [1.807, 2.05) is 0 Å². The molecule has 2 heterocycles. The molecular weight excluding hydrogens is 156 g/mol. The number of rotatable bonds is 0. The summed E-state index contributed by atoms with van der Waals surface area (Å²) in [4.78, 5) is 10.6. The average Bonchev–Trinajstić information content (AvgIpc) is 2.54. The smallest absolute Gasteiger partial charge is 0.287 e. The van der Waals surface area contributed by atoms with E-state index in [1.54, 1.807) is 24.6 Å². The molecule has 12 heavy (non-hydrogen) atoms. The number of allylic oxidation sites excluding steroid dienone is 3. The second-order valence-electron chi connectivity index (χ2n) is 2.21. The molecule has 0 bridgehead atoms. The Morgan fingerprint density at radius 1 is 1.17 bits per heavy atom. The van der Waals surface area contributed by atoms with E-state index in [1.165, 1.54) is 0 Å². The molecule has 2 rings (SSSR count). The molecule has 5 nitrogen and oxygen atoms in total. The maximum absolute atomic E-state index is 10.6. The van der Waals surface area contributed by atoms with E-state index in [2.05, 4.69) is 20.9 Å². The predicted molar refractivity (Wildman–Crippen MR) is 40.8 cm³/mol. The van der Waals surface area contributed by atoms with Crippen LogP contribution < -0.4 is 10.6 Å². The van der Waals surface area contributed by atoms with Crippen molar-refractivity contribution in [2.24, 2.45) is 10.2 Å². The van der Waals surface area contributed by atoms with Gasteiger partial charge >= 0.3 is 6.03 Å². The van der Waals surface area contributed by atoms with Crippen molar-refractivity contribution < 1.29 is 4.79 Å². The SMILES string of the molecule is O=C1N=NC(=C2C=C[N]C=C2)N1. The zero-order chi connectivity index (χ0) is 8.39. The van der Waals surface area contributed by atoms with Crippen LogP contribution in [0, 0.1) is 0 Å². The second kappa shape index (κ2) is 2.61. The fraction of sp³-hybridized carbons (Fsp3) is 0. The summed E-state index contributed by atoms with van der Waals surface area (Å²) in [6, 6.07) is -0.429. The Morgan fingerprint density at radius 3 is 2.50 bits per heavy atom. The fourth-order valence-electron chi connectivity index (χ4n) is 0.886. The third-order valence-electron chi connectivity index (χ3n) is 1.42. The molecule has 2 amide bonds. The van der Waals surface area contributed by atoms with Gasteiger partial charge in [-0.05, 0) is 12.2 Å². The Kier molecular flexibility index (Phi) is 1.48. The highest BCUT2D eigenvalue weighted by atomic mass is 16.2. The molecule has 0 saturated carbocycles. The minimum atomic E-state index is -0.429. The first-order chi connectivity index (χ1) is 5.86. The van der Waals surface area contributed by atoms with Gasteiger partial charge in [-0.2, -0.15) is 0 Å². The molecule has 0 aliphatic carbocycles. The molecule has 0 aromatic carbocycles. The van der Waals surface area contributed by atoms with Gasteiger partial charge in [-0.15, -0.1) is 5.11 Å². The summed E-state index contributed by atoms with van der Waals surface area (Å²) < 4.78 is 0. The van der Waals surface area contributed by atoms with Crippen LogP contribution in [-0.4, -0.2) is 6.03 Å². The molecule has 0 spiro atoms. The third-order valence-corrected chi connectivity index (χ3v) is 1.42. The minimum absolute atomic E-state index is 0.429. The quantitative estimate of drug-likeness (QED) is 0.566. The van der Waals surface area contributed by atoms with Crippen LogP contribution >= 0.6 is 0 Å². The maximum atomic E-state index is 10.6. The van der Waals surface area contributed by atoms with Crippen LogP contribution in [0.5, 0.6) is 0 Å². The zero-order valence-corrected chi connectivity index (χ0v) is 6.06. The summed E-state index contributed by atoms with van der Waals surface area (Å²) in [7, 11) is 0. The molecule has 2 aliphatic rings. The highest BCUT2D eigenvalue weighted by Gasteiger charge is 2.13. The Bertz CT molecular complexity index is 323. The van der Waals surface area contributed by atoms with Gasteiger partial charge < -0.3 is 0 Å². The van der Waals surface area contributed by atoms with E-state index in [-0.39, 0.29) is 0 Å². The molecule has 5 heteroatoms. The Morgan fingerprint density at radius 2 is 1.92 bits per heavy atom. The first kappa shape index (κ1) is 6.78. The van der Waals surface area contributed by atoms with Gasteiger partial charge in [-0.25, -0.2) is 4.79 Å². The van der Waals surface area contributed by atoms with Gasteiger partial charge in [-0.1, -0.05) is 5.11 Å². The summed E-state index contributed by atoms with van der Waals surface area (Å²) >= 11 is 0. The molecule has 0 fully saturated rings. The number of amides is 2. The van der Waals surface area contributed by atoms with Gasteiger partial charge in [0.1, 0.15) is 0 Å². The zero-order valence-electron chi connectivity index (χ0n) is 6.06. The van der Waals surface area contributed by atoms with Gasteiger partial charge in [0.15, 0.2) is 5.82 Å². The van der Waals surface area contributed by atoms with Crippen molar-refractivity contribution in [2.75, 3.05) is 0 Å². The van der Waals surface area contributed by atoms with Crippen LogP contribution in [0.15, 0.2) is 46.2 Å². The summed E-state index contributed by atoms with van der Waals surface area (Å²) in [6.45, 7) is 0. The lowest BCUT2D eigenvalue weighted by Gasteiger charge is -2.00. The lowest BCUT2D eigenvalue weighted by molar-refractivity contribution is 0.253. The minimum Gasteiger partial charge on any atom is -0.287 e. The molecule has 0 saturated heterocycles. The van der Waals surface area contributed by atoms with Crippen molar-refractivity contribution in [3.8, 4) is 0 Å². The van der Waals surface area contributed by atoms with Gasteiger partial charge in [0.2, 0.25) is 0 Å². The standard InChI is InChI=1S/C7H5N4O/c12-7-9-6(10-11-7)5-1-3-8-4-2-5/h1-4H,(H,9,12). The Labute approximate surface area is 68.6 Å².